The lowest BCUT2D eigenvalue weighted by Gasteiger charge is -2.38. The zero-order valence-electron chi connectivity index (χ0n) is 12.4. The molecule has 0 aromatic heterocycles. The van der Waals surface area contributed by atoms with Crippen LogP contribution in [0, 0.1) is 12.3 Å². The standard InChI is InChI=1S/C16H20BrNO3/c1-3-16(15(20)21)6-8-18(9-7-16)14(19)12-5-4-11(2)13(17)10-12/h4-5,10H,3,6-9H2,1-2H3,(H,20,21). The van der Waals surface area contributed by atoms with Crippen LogP contribution in [0.4, 0.5) is 0 Å². The smallest absolute Gasteiger partial charge is 0.309 e. The molecule has 5 heteroatoms. The molecule has 0 saturated carbocycles. The summed E-state index contributed by atoms with van der Waals surface area (Å²) in [5.41, 5.74) is 1.07. The lowest BCUT2D eigenvalue weighted by atomic mass is 9.76. The van der Waals surface area contributed by atoms with Gasteiger partial charge in [-0.25, -0.2) is 0 Å². The summed E-state index contributed by atoms with van der Waals surface area (Å²) in [5.74, 6) is -0.763. The minimum atomic E-state index is -0.741. The van der Waals surface area contributed by atoms with E-state index in [-0.39, 0.29) is 5.91 Å². The number of rotatable bonds is 3. The minimum absolute atomic E-state index is 0.0224. The number of carbonyl (C=O) groups is 2. The fourth-order valence-corrected chi connectivity index (χ4v) is 3.14. The van der Waals surface area contributed by atoms with Crippen molar-refractivity contribution in [1.82, 2.24) is 4.90 Å². The van der Waals surface area contributed by atoms with Crippen molar-refractivity contribution in [2.24, 2.45) is 5.41 Å². The molecule has 0 radical (unpaired) electrons. The second-order valence-electron chi connectivity index (χ2n) is 5.70. The lowest BCUT2D eigenvalue weighted by Crippen LogP contribution is -2.46. The number of amides is 1. The van der Waals surface area contributed by atoms with Crippen molar-refractivity contribution in [2.75, 3.05) is 13.1 Å². The number of aryl methyl sites for hydroxylation is 1. The average molecular weight is 354 g/mol. The maximum atomic E-state index is 12.5. The van der Waals surface area contributed by atoms with E-state index in [0.29, 0.717) is 37.9 Å². The Morgan fingerprint density at radius 2 is 1.95 bits per heavy atom. The summed E-state index contributed by atoms with van der Waals surface area (Å²) in [6, 6.07) is 5.56. The number of carboxylic acid groups (broad SMARTS) is 1. The number of nitrogens with zero attached hydrogens (tertiary/aromatic N) is 1. The number of aliphatic carboxylic acids is 1. The molecular formula is C16H20BrNO3. The predicted octanol–water partition coefficient (Wildman–Crippen LogP) is 3.47. The molecule has 1 aromatic carbocycles. The van der Waals surface area contributed by atoms with E-state index in [1.807, 2.05) is 32.0 Å². The summed E-state index contributed by atoms with van der Waals surface area (Å²) in [5, 5.41) is 9.39. The highest BCUT2D eigenvalue weighted by Crippen LogP contribution is 2.35. The lowest BCUT2D eigenvalue weighted by molar-refractivity contribution is -0.152. The SMILES string of the molecule is CCC1(C(=O)O)CCN(C(=O)c2ccc(C)c(Br)c2)CC1. The Labute approximate surface area is 133 Å². The van der Waals surface area contributed by atoms with Gasteiger partial charge in [0.2, 0.25) is 0 Å². The molecule has 1 heterocycles. The minimum Gasteiger partial charge on any atom is -0.481 e. The summed E-state index contributed by atoms with van der Waals surface area (Å²) in [7, 11) is 0. The highest BCUT2D eigenvalue weighted by Gasteiger charge is 2.40. The van der Waals surface area contributed by atoms with E-state index in [4.69, 9.17) is 0 Å². The van der Waals surface area contributed by atoms with E-state index in [1.54, 1.807) is 4.90 Å². The van der Waals surface area contributed by atoms with Crippen molar-refractivity contribution in [3.8, 4) is 0 Å². The number of halogens is 1. The molecule has 1 aliphatic rings. The molecule has 21 heavy (non-hydrogen) atoms. The van der Waals surface area contributed by atoms with Crippen LogP contribution >= 0.6 is 15.9 Å². The molecule has 1 aromatic rings. The first-order chi connectivity index (χ1) is 9.89. The van der Waals surface area contributed by atoms with Crippen LogP contribution in [0.5, 0.6) is 0 Å². The van der Waals surface area contributed by atoms with Crippen molar-refractivity contribution in [2.45, 2.75) is 33.1 Å². The van der Waals surface area contributed by atoms with E-state index in [2.05, 4.69) is 15.9 Å². The van der Waals surface area contributed by atoms with E-state index in [0.717, 1.165) is 10.0 Å². The molecule has 0 spiro atoms. The second-order valence-corrected chi connectivity index (χ2v) is 6.55. The summed E-state index contributed by atoms with van der Waals surface area (Å²) in [4.78, 5) is 25.7. The van der Waals surface area contributed by atoms with E-state index in [1.165, 1.54) is 0 Å². The third kappa shape index (κ3) is 3.12. The van der Waals surface area contributed by atoms with Gasteiger partial charge in [-0.1, -0.05) is 28.9 Å². The molecule has 0 aliphatic carbocycles. The first kappa shape index (κ1) is 16.0. The highest BCUT2D eigenvalue weighted by atomic mass is 79.9. The number of piperidine rings is 1. The summed E-state index contributed by atoms with van der Waals surface area (Å²) < 4.78 is 0.916. The third-order valence-electron chi connectivity index (χ3n) is 4.56. The van der Waals surface area contributed by atoms with E-state index >= 15 is 0 Å². The van der Waals surface area contributed by atoms with Gasteiger partial charge in [0, 0.05) is 23.1 Å². The Hall–Kier alpha value is -1.36. The van der Waals surface area contributed by atoms with Gasteiger partial charge < -0.3 is 10.0 Å². The molecule has 0 unspecified atom stereocenters. The Balaban J connectivity index is 2.09. The Morgan fingerprint density at radius 3 is 2.43 bits per heavy atom. The highest BCUT2D eigenvalue weighted by molar-refractivity contribution is 9.10. The fraction of sp³-hybridized carbons (Fsp3) is 0.500. The number of hydrogen-bond acceptors (Lipinski definition) is 2. The molecule has 114 valence electrons. The molecule has 4 nitrogen and oxygen atoms in total. The first-order valence-electron chi connectivity index (χ1n) is 7.18. The quantitative estimate of drug-likeness (QED) is 0.904. The van der Waals surface area contributed by atoms with Gasteiger partial charge in [-0.3, -0.25) is 9.59 Å². The van der Waals surface area contributed by atoms with Crippen molar-refractivity contribution in [3.05, 3.63) is 33.8 Å². The van der Waals surface area contributed by atoms with Crippen molar-refractivity contribution in [1.29, 1.82) is 0 Å². The maximum Gasteiger partial charge on any atom is 0.309 e. The topological polar surface area (TPSA) is 57.6 Å². The number of likely N-dealkylation sites (tertiary alicyclic amines) is 1. The molecule has 1 saturated heterocycles. The normalized spacial score (nSPS) is 17.6. The summed E-state index contributed by atoms with van der Waals surface area (Å²) in [6.45, 7) is 4.89. The van der Waals surface area contributed by atoms with Crippen LogP contribution in [0.1, 0.15) is 42.1 Å². The molecule has 1 N–H and O–H groups in total. The molecule has 0 atom stereocenters. The maximum absolute atomic E-state index is 12.5. The van der Waals surface area contributed by atoms with Crippen molar-refractivity contribution >= 4 is 27.8 Å². The first-order valence-corrected chi connectivity index (χ1v) is 7.98. The Morgan fingerprint density at radius 1 is 1.33 bits per heavy atom. The molecule has 2 rings (SSSR count). The van der Waals surface area contributed by atoms with Crippen LogP contribution in [-0.4, -0.2) is 35.0 Å². The van der Waals surface area contributed by atoms with Crippen molar-refractivity contribution < 1.29 is 14.7 Å². The Kier molecular flexibility index (Phi) is 4.71. The van der Waals surface area contributed by atoms with Gasteiger partial charge in [-0.05, 0) is 43.9 Å². The number of carboxylic acids is 1. The average Bonchev–Trinajstić information content (AvgIpc) is 2.49. The van der Waals surface area contributed by atoms with Gasteiger partial charge in [-0.15, -0.1) is 0 Å². The van der Waals surface area contributed by atoms with Crippen LogP contribution in [0.2, 0.25) is 0 Å². The van der Waals surface area contributed by atoms with E-state index < -0.39 is 11.4 Å². The molecule has 1 aliphatic heterocycles. The number of carbonyl (C=O) groups excluding carboxylic acids is 1. The fourth-order valence-electron chi connectivity index (χ4n) is 2.76. The van der Waals surface area contributed by atoms with Crippen LogP contribution in [0.3, 0.4) is 0 Å². The predicted molar refractivity (Wildman–Crippen MR) is 84.4 cm³/mol. The third-order valence-corrected chi connectivity index (χ3v) is 5.41. The largest absolute Gasteiger partial charge is 0.481 e. The van der Waals surface area contributed by atoms with Crippen LogP contribution in [-0.2, 0) is 4.79 Å². The van der Waals surface area contributed by atoms with Gasteiger partial charge in [0.05, 0.1) is 5.41 Å². The van der Waals surface area contributed by atoms with E-state index in [9.17, 15) is 14.7 Å². The zero-order chi connectivity index (χ0) is 15.6. The molecule has 1 amide bonds. The van der Waals surface area contributed by atoms with Gasteiger partial charge in [-0.2, -0.15) is 0 Å². The summed E-state index contributed by atoms with van der Waals surface area (Å²) in [6.07, 6.45) is 1.66. The Bertz CT molecular complexity index is 563. The van der Waals surface area contributed by atoms with Crippen LogP contribution in [0.15, 0.2) is 22.7 Å². The zero-order valence-corrected chi connectivity index (χ0v) is 13.9. The number of hydrogen-bond donors (Lipinski definition) is 1. The molecular weight excluding hydrogens is 334 g/mol. The summed E-state index contributed by atoms with van der Waals surface area (Å²) >= 11 is 3.44. The van der Waals surface area contributed by atoms with Gasteiger partial charge in [0.15, 0.2) is 0 Å². The number of benzene rings is 1. The second kappa shape index (κ2) is 6.18. The van der Waals surface area contributed by atoms with Gasteiger partial charge >= 0.3 is 5.97 Å². The van der Waals surface area contributed by atoms with Crippen molar-refractivity contribution in [3.63, 3.8) is 0 Å². The van der Waals surface area contributed by atoms with Gasteiger partial charge in [0.25, 0.3) is 5.91 Å². The van der Waals surface area contributed by atoms with Crippen LogP contribution < -0.4 is 0 Å². The van der Waals surface area contributed by atoms with Gasteiger partial charge in [0.1, 0.15) is 0 Å². The monoisotopic (exact) mass is 353 g/mol. The van der Waals surface area contributed by atoms with Crippen LogP contribution in [0.25, 0.3) is 0 Å². The molecule has 0 bridgehead atoms. The molecule has 1 fully saturated rings.